The Hall–Kier alpha value is -6.75. The summed E-state index contributed by atoms with van der Waals surface area (Å²) in [6.07, 6.45) is 10.0. The van der Waals surface area contributed by atoms with Crippen LogP contribution in [0.3, 0.4) is 0 Å². The predicted molar refractivity (Wildman–Crippen MR) is 321 cm³/mol. The van der Waals surface area contributed by atoms with Gasteiger partial charge in [-0.05, 0) is 124 Å². The van der Waals surface area contributed by atoms with Gasteiger partial charge in [0, 0.05) is 136 Å². The Morgan fingerprint density at radius 2 is 0.765 bits per heavy atom. The van der Waals surface area contributed by atoms with Crippen molar-refractivity contribution in [1.29, 1.82) is 0 Å². The van der Waals surface area contributed by atoms with E-state index >= 15 is 0 Å². The Morgan fingerprint density at radius 3 is 1.14 bits per heavy atom. The van der Waals surface area contributed by atoms with Gasteiger partial charge in [0.25, 0.3) is 0 Å². The Labute approximate surface area is 493 Å². The van der Waals surface area contributed by atoms with Crippen molar-refractivity contribution in [1.82, 2.24) is 29.4 Å². The van der Waals surface area contributed by atoms with Crippen molar-refractivity contribution >= 4 is 82.4 Å². The molecule has 0 bridgehead atoms. The minimum absolute atomic E-state index is 0.00200. The zero-order chi connectivity index (χ0) is 57.7. The van der Waals surface area contributed by atoms with Gasteiger partial charge in [-0.25, -0.2) is 8.78 Å². The molecule has 18 heteroatoms. The highest BCUT2D eigenvalue weighted by Gasteiger charge is 2.23. The first-order valence-electron chi connectivity index (χ1n) is 26.5. The van der Waals surface area contributed by atoms with Crippen LogP contribution < -0.4 is 14.2 Å². The minimum atomic E-state index is -0.229. The van der Waals surface area contributed by atoms with Gasteiger partial charge < -0.3 is 28.9 Å². The SMILES string of the molecule is COc1cc(/C=C/C(=O)N2CCN(Cc3ccc(F)cc3)CC2)cc(OC)c1OC.O=C(/C=C/c1ccc(Cl)cc1)N1CCN(Cc2ccc(F)cc2)CC1.O=C(/C=C/c1ccc(Cl)cc1Cl)N1CCN(Cc2ccc(Cl)cc2)CC1. The standard InChI is InChI=1S/C23H27FN2O4.C20H19Cl3N2O.C20H20ClFN2O/c1-28-20-14-18(15-21(29-2)23(20)30-3)6-9-22(27)26-12-10-25(11-13-26)16-17-4-7-19(24)8-5-17;21-17-5-1-15(2-6-17)14-24-9-11-25(12-10-24)20(26)8-4-16-3-7-18(22)13-19(16)23;21-18-6-1-16(2-7-18)5-10-20(25)24-13-11-23(12-14-24)15-17-3-8-19(22)9-4-17/h4-9,14-15H,10-13,16H2,1-3H3;1-8,13H,9-12,14H2;1-10H,11-15H2/b9-6+;8-4+;10-5+. The molecule has 0 N–H and O–H groups in total. The van der Waals surface area contributed by atoms with E-state index < -0.39 is 0 Å². The van der Waals surface area contributed by atoms with E-state index in [0.717, 1.165) is 91.7 Å². The summed E-state index contributed by atoms with van der Waals surface area (Å²) in [6, 6.07) is 37.2. The molecule has 426 valence electrons. The maximum atomic E-state index is 13.0. The maximum Gasteiger partial charge on any atom is 0.246 e. The molecule has 0 spiro atoms. The number of rotatable bonds is 15. The van der Waals surface area contributed by atoms with E-state index in [9.17, 15) is 23.2 Å². The van der Waals surface area contributed by atoms with E-state index in [1.807, 2.05) is 69.3 Å². The Balaban J connectivity index is 0.000000176. The van der Waals surface area contributed by atoms with Crippen LogP contribution in [0.1, 0.15) is 33.4 Å². The van der Waals surface area contributed by atoms with Gasteiger partial charge in [-0.1, -0.05) is 101 Å². The summed E-state index contributed by atoms with van der Waals surface area (Å²) in [7, 11) is 4.66. The molecule has 3 amide bonds. The van der Waals surface area contributed by atoms with Crippen LogP contribution in [-0.2, 0) is 34.0 Å². The van der Waals surface area contributed by atoms with E-state index in [1.165, 1.54) is 29.8 Å². The summed E-state index contributed by atoms with van der Waals surface area (Å²) in [5.74, 6) is 1.14. The lowest BCUT2D eigenvalue weighted by Crippen LogP contribution is -2.47. The number of methoxy groups -OCH3 is 3. The van der Waals surface area contributed by atoms with Crippen molar-refractivity contribution in [3.8, 4) is 17.2 Å². The largest absolute Gasteiger partial charge is 0.493 e. The Kier molecular flexibility index (Phi) is 24.0. The number of piperazine rings is 3. The van der Waals surface area contributed by atoms with Gasteiger partial charge in [0.05, 0.1) is 21.3 Å². The highest BCUT2D eigenvalue weighted by atomic mass is 35.5. The maximum absolute atomic E-state index is 13.0. The lowest BCUT2D eigenvalue weighted by atomic mass is 10.1. The topological polar surface area (TPSA) is 98.3 Å². The second-order valence-corrected chi connectivity index (χ2v) is 21.1. The molecule has 3 fully saturated rings. The number of hydrogen-bond donors (Lipinski definition) is 0. The van der Waals surface area contributed by atoms with E-state index in [2.05, 4.69) is 14.7 Å². The first-order valence-corrected chi connectivity index (χ1v) is 28.0. The zero-order valence-corrected chi connectivity index (χ0v) is 48.6. The molecule has 3 saturated heterocycles. The van der Waals surface area contributed by atoms with E-state index in [-0.39, 0.29) is 29.4 Å². The van der Waals surface area contributed by atoms with Crippen LogP contribution in [0.25, 0.3) is 18.2 Å². The smallest absolute Gasteiger partial charge is 0.246 e. The molecule has 12 nitrogen and oxygen atoms in total. The molecule has 6 aromatic rings. The number of benzene rings is 6. The lowest BCUT2D eigenvalue weighted by molar-refractivity contribution is -0.128. The second kappa shape index (κ2) is 31.5. The van der Waals surface area contributed by atoms with Crippen LogP contribution in [0.15, 0.2) is 146 Å². The summed E-state index contributed by atoms with van der Waals surface area (Å²) in [5, 5.41) is 2.54. The first-order chi connectivity index (χ1) is 39.1. The van der Waals surface area contributed by atoms with Crippen LogP contribution in [-0.4, -0.2) is 147 Å². The van der Waals surface area contributed by atoms with Crippen molar-refractivity contribution in [3.63, 3.8) is 0 Å². The normalized spacial score (nSPS) is 15.3. The monoisotopic (exact) mass is 1180 g/mol. The highest BCUT2D eigenvalue weighted by Crippen LogP contribution is 2.38. The molecule has 6 aromatic carbocycles. The van der Waals surface area contributed by atoms with E-state index in [0.29, 0.717) is 71.6 Å². The lowest BCUT2D eigenvalue weighted by Gasteiger charge is -2.34. The highest BCUT2D eigenvalue weighted by molar-refractivity contribution is 6.35. The second-order valence-electron chi connectivity index (χ2n) is 19.4. The van der Waals surface area contributed by atoms with Gasteiger partial charge in [0.1, 0.15) is 11.6 Å². The number of ether oxygens (including phenoxy) is 3. The molecular weight excluding hydrogens is 1120 g/mol. The number of nitrogens with zero attached hydrogens (tertiary/aromatic N) is 6. The van der Waals surface area contributed by atoms with Gasteiger partial charge in [0.15, 0.2) is 11.5 Å². The van der Waals surface area contributed by atoms with Gasteiger partial charge in [-0.15, -0.1) is 0 Å². The third kappa shape index (κ3) is 19.7. The molecule has 3 aliphatic heterocycles. The zero-order valence-electron chi connectivity index (χ0n) is 45.6. The summed E-state index contributed by atoms with van der Waals surface area (Å²) in [4.78, 5) is 49.7. The molecule has 3 aliphatic rings. The van der Waals surface area contributed by atoms with E-state index in [4.69, 9.17) is 60.6 Å². The summed E-state index contributed by atoms with van der Waals surface area (Å²) >= 11 is 23.8. The van der Waals surface area contributed by atoms with Gasteiger partial charge in [0.2, 0.25) is 23.5 Å². The quantitative estimate of drug-likeness (QED) is 0.0931. The third-order valence-electron chi connectivity index (χ3n) is 13.8. The number of hydrogen-bond acceptors (Lipinski definition) is 9. The van der Waals surface area contributed by atoms with Gasteiger partial charge >= 0.3 is 0 Å². The van der Waals surface area contributed by atoms with Crippen LogP contribution in [0.5, 0.6) is 17.2 Å². The molecule has 0 radical (unpaired) electrons. The fourth-order valence-electron chi connectivity index (χ4n) is 9.14. The predicted octanol–water partition coefficient (Wildman–Crippen LogP) is 12.1. The Morgan fingerprint density at radius 1 is 0.420 bits per heavy atom. The van der Waals surface area contributed by atoms with Crippen molar-refractivity contribution in [2.24, 2.45) is 0 Å². The molecule has 0 atom stereocenters. The number of amides is 3. The number of carbonyl (C=O) groups is 3. The molecule has 0 unspecified atom stereocenters. The molecule has 3 heterocycles. The summed E-state index contributed by atoms with van der Waals surface area (Å²) in [6.45, 7) is 11.4. The van der Waals surface area contributed by atoms with Gasteiger partial charge in [-0.2, -0.15) is 0 Å². The molecule has 9 rings (SSSR count). The van der Waals surface area contributed by atoms with Gasteiger partial charge in [-0.3, -0.25) is 29.1 Å². The molecule has 0 aliphatic carbocycles. The minimum Gasteiger partial charge on any atom is -0.493 e. The van der Waals surface area contributed by atoms with Crippen molar-refractivity contribution < 1.29 is 37.4 Å². The molecule has 0 saturated carbocycles. The fraction of sp³-hybridized carbons (Fsp3) is 0.286. The molecular formula is C63H66Cl4F2N6O6. The van der Waals surface area contributed by atoms with Crippen LogP contribution in [0.4, 0.5) is 8.78 Å². The average molecular weight is 1180 g/mol. The summed E-state index contributed by atoms with van der Waals surface area (Å²) < 4.78 is 42.0. The van der Waals surface area contributed by atoms with Crippen LogP contribution in [0, 0.1) is 11.6 Å². The average Bonchev–Trinajstić information content (AvgIpc) is 3.49. The summed E-state index contributed by atoms with van der Waals surface area (Å²) in [5.41, 5.74) is 5.90. The van der Waals surface area contributed by atoms with E-state index in [1.54, 1.807) is 106 Å². The third-order valence-corrected chi connectivity index (χ3v) is 14.8. The fourth-order valence-corrected chi connectivity index (χ4v) is 9.87. The van der Waals surface area contributed by atoms with Crippen LogP contribution >= 0.6 is 46.4 Å². The first kappa shape index (κ1) is 61.9. The van der Waals surface area contributed by atoms with Crippen molar-refractivity contribution in [2.45, 2.75) is 19.6 Å². The molecule has 0 aromatic heterocycles. The van der Waals surface area contributed by atoms with Crippen molar-refractivity contribution in [3.05, 3.63) is 211 Å². The number of halogens is 6. The number of carbonyl (C=O) groups excluding carboxylic acids is 3. The van der Waals surface area contributed by atoms with Crippen LogP contribution in [0.2, 0.25) is 20.1 Å². The Bertz CT molecular complexity index is 3060. The molecule has 81 heavy (non-hydrogen) atoms. The van der Waals surface area contributed by atoms with Crippen molar-refractivity contribution in [2.75, 3.05) is 99.9 Å².